The van der Waals surface area contributed by atoms with Crippen LogP contribution < -0.4 is 5.32 Å². The molecule has 2 aromatic carbocycles. The number of aromatic nitrogens is 1. The van der Waals surface area contributed by atoms with Gasteiger partial charge >= 0.3 is 6.18 Å². The number of ether oxygens (including phenoxy) is 1. The van der Waals surface area contributed by atoms with E-state index in [-0.39, 0.29) is 29.4 Å². The number of carbonyl (C=O) groups is 1. The van der Waals surface area contributed by atoms with Gasteiger partial charge < -0.3 is 15.2 Å². The van der Waals surface area contributed by atoms with Crippen LogP contribution in [-0.4, -0.2) is 53.7 Å². The van der Waals surface area contributed by atoms with Gasteiger partial charge in [-0.05, 0) is 41.5 Å². The zero-order valence-electron chi connectivity index (χ0n) is 16.4. The average molecular weight is 431 g/mol. The second-order valence-corrected chi connectivity index (χ2v) is 7.23. The second-order valence-electron chi connectivity index (χ2n) is 7.23. The van der Waals surface area contributed by atoms with Gasteiger partial charge in [-0.15, -0.1) is 0 Å². The van der Waals surface area contributed by atoms with Crippen molar-refractivity contribution >= 4 is 22.5 Å². The number of phenols is 1. The third kappa shape index (κ3) is 4.62. The molecule has 1 fully saturated rings. The number of fused-ring (bicyclic) bond motifs is 1. The number of rotatable bonds is 4. The molecule has 1 saturated heterocycles. The van der Waals surface area contributed by atoms with Crippen LogP contribution in [0, 0.1) is 0 Å². The quantitative estimate of drug-likeness (QED) is 0.613. The highest BCUT2D eigenvalue weighted by atomic mass is 19.4. The van der Waals surface area contributed by atoms with Gasteiger partial charge in [0.2, 0.25) is 5.91 Å². The number of hydrogen-bond acceptors (Lipinski definition) is 5. The number of anilines is 1. The first kappa shape index (κ1) is 21.1. The van der Waals surface area contributed by atoms with E-state index in [1.165, 1.54) is 18.3 Å². The standard InChI is InChI=1S/C22H20F3N3O3/c23-22(24,25)15-3-1-14(2-4-15)16-7-8-26-20-17(16)5-6-18(21(20)30)27-19(29)13-28-9-11-31-12-10-28/h1-8,30H,9-13H2,(H,27,29). The van der Waals surface area contributed by atoms with E-state index in [0.717, 1.165) is 12.1 Å². The molecule has 1 aliphatic heterocycles. The van der Waals surface area contributed by atoms with Gasteiger partial charge in [-0.3, -0.25) is 14.7 Å². The van der Waals surface area contributed by atoms with Crippen molar-refractivity contribution in [2.24, 2.45) is 0 Å². The summed E-state index contributed by atoms with van der Waals surface area (Å²) in [5, 5.41) is 13.9. The summed E-state index contributed by atoms with van der Waals surface area (Å²) < 4.78 is 43.8. The molecule has 2 heterocycles. The molecule has 162 valence electrons. The molecule has 0 atom stereocenters. The molecule has 0 spiro atoms. The number of nitrogens with one attached hydrogen (secondary N) is 1. The first-order valence-corrected chi connectivity index (χ1v) is 9.71. The van der Waals surface area contributed by atoms with Crippen molar-refractivity contribution in [2.45, 2.75) is 6.18 Å². The lowest BCUT2D eigenvalue weighted by Gasteiger charge is -2.25. The molecule has 0 radical (unpaired) electrons. The van der Waals surface area contributed by atoms with Crippen molar-refractivity contribution in [3.8, 4) is 16.9 Å². The minimum atomic E-state index is -4.41. The molecule has 6 nitrogen and oxygen atoms in total. The molecule has 1 aliphatic rings. The average Bonchev–Trinajstić information content (AvgIpc) is 2.75. The number of carbonyl (C=O) groups excluding carboxylic acids is 1. The van der Waals surface area contributed by atoms with Gasteiger partial charge in [0.15, 0.2) is 5.75 Å². The SMILES string of the molecule is O=C(CN1CCOCC1)Nc1ccc2c(-c3ccc(C(F)(F)F)cc3)ccnc2c1O. The lowest BCUT2D eigenvalue weighted by molar-refractivity contribution is -0.137. The summed E-state index contributed by atoms with van der Waals surface area (Å²) in [6.07, 6.45) is -2.94. The van der Waals surface area contributed by atoms with Crippen molar-refractivity contribution in [2.75, 3.05) is 38.2 Å². The molecular weight excluding hydrogens is 411 g/mol. The Kier molecular flexibility index (Phi) is 5.79. The number of nitrogens with zero attached hydrogens (tertiary/aromatic N) is 2. The van der Waals surface area contributed by atoms with Crippen LogP contribution in [0.4, 0.5) is 18.9 Å². The first-order valence-electron chi connectivity index (χ1n) is 9.71. The fourth-order valence-electron chi connectivity index (χ4n) is 3.55. The highest BCUT2D eigenvalue weighted by molar-refractivity contribution is 6.03. The van der Waals surface area contributed by atoms with E-state index in [2.05, 4.69) is 10.3 Å². The molecular formula is C22H20F3N3O3. The molecule has 0 aliphatic carbocycles. The predicted molar refractivity (Wildman–Crippen MR) is 110 cm³/mol. The summed E-state index contributed by atoms with van der Waals surface area (Å²) in [5.74, 6) is -0.461. The van der Waals surface area contributed by atoms with Crippen LogP contribution in [0.25, 0.3) is 22.0 Å². The van der Waals surface area contributed by atoms with E-state index in [1.54, 1.807) is 18.2 Å². The topological polar surface area (TPSA) is 74.7 Å². The summed E-state index contributed by atoms with van der Waals surface area (Å²) in [5.41, 5.74) is 0.927. The van der Waals surface area contributed by atoms with Crippen molar-refractivity contribution in [1.82, 2.24) is 9.88 Å². The zero-order chi connectivity index (χ0) is 22.0. The number of halogens is 3. The van der Waals surface area contributed by atoms with Crippen LogP contribution in [0.3, 0.4) is 0 Å². The fourth-order valence-corrected chi connectivity index (χ4v) is 3.55. The minimum Gasteiger partial charge on any atom is -0.504 e. The third-order valence-corrected chi connectivity index (χ3v) is 5.15. The van der Waals surface area contributed by atoms with Crippen LogP contribution in [0.1, 0.15) is 5.56 Å². The largest absolute Gasteiger partial charge is 0.504 e. The van der Waals surface area contributed by atoms with Crippen molar-refractivity contribution in [3.05, 3.63) is 54.2 Å². The van der Waals surface area contributed by atoms with Gasteiger partial charge in [-0.2, -0.15) is 13.2 Å². The second kappa shape index (κ2) is 8.52. The molecule has 9 heteroatoms. The summed E-state index contributed by atoms with van der Waals surface area (Å²) in [6, 6.07) is 9.70. The summed E-state index contributed by atoms with van der Waals surface area (Å²) in [6.45, 7) is 2.65. The normalized spacial score (nSPS) is 15.2. The van der Waals surface area contributed by atoms with Crippen molar-refractivity contribution < 1.29 is 27.8 Å². The van der Waals surface area contributed by atoms with Gasteiger partial charge in [0, 0.05) is 24.7 Å². The lowest BCUT2D eigenvalue weighted by Crippen LogP contribution is -2.41. The molecule has 1 aromatic heterocycles. The molecule has 3 aromatic rings. The lowest BCUT2D eigenvalue weighted by atomic mass is 9.99. The number of pyridine rings is 1. The van der Waals surface area contributed by atoms with E-state index in [4.69, 9.17) is 4.74 Å². The third-order valence-electron chi connectivity index (χ3n) is 5.15. The summed E-state index contributed by atoms with van der Waals surface area (Å²) in [7, 11) is 0. The molecule has 1 amide bonds. The van der Waals surface area contributed by atoms with Gasteiger partial charge in [-0.1, -0.05) is 12.1 Å². The van der Waals surface area contributed by atoms with Gasteiger partial charge in [0.05, 0.1) is 31.0 Å². The zero-order valence-corrected chi connectivity index (χ0v) is 16.4. The Morgan fingerprint density at radius 3 is 2.48 bits per heavy atom. The van der Waals surface area contributed by atoms with Gasteiger partial charge in [0.1, 0.15) is 5.52 Å². The van der Waals surface area contributed by atoms with E-state index in [0.29, 0.717) is 42.8 Å². The molecule has 31 heavy (non-hydrogen) atoms. The Hall–Kier alpha value is -3.17. The maximum atomic E-state index is 12.8. The predicted octanol–water partition coefficient (Wildman–Crippen LogP) is 3.90. The van der Waals surface area contributed by atoms with E-state index in [1.807, 2.05) is 4.90 Å². The van der Waals surface area contributed by atoms with Gasteiger partial charge in [-0.25, -0.2) is 0 Å². The van der Waals surface area contributed by atoms with E-state index in [9.17, 15) is 23.1 Å². The molecule has 2 N–H and O–H groups in total. The van der Waals surface area contributed by atoms with E-state index >= 15 is 0 Å². The van der Waals surface area contributed by atoms with Gasteiger partial charge in [0.25, 0.3) is 0 Å². The Bertz CT molecular complexity index is 1090. The monoisotopic (exact) mass is 431 g/mol. The first-order chi connectivity index (χ1) is 14.8. The number of phenolic OH excluding ortho intramolecular Hbond substituents is 1. The number of aromatic hydroxyl groups is 1. The highest BCUT2D eigenvalue weighted by Crippen LogP contribution is 2.37. The van der Waals surface area contributed by atoms with Crippen LogP contribution in [-0.2, 0) is 15.7 Å². The summed E-state index contributed by atoms with van der Waals surface area (Å²) >= 11 is 0. The summed E-state index contributed by atoms with van der Waals surface area (Å²) in [4.78, 5) is 18.5. The number of benzene rings is 2. The smallest absolute Gasteiger partial charge is 0.416 e. The maximum Gasteiger partial charge on any atom is 0.416 e. The highest BCUT2D eigenvalue weighted by Gasteiger charge is 2.30. The van der Waals surface area contributed by atoms with Crippen molar-refractivity contribution in [1.29, 1.82) is 0 Å². The molecule has 4 rings (SSSR count). The molecule has 0 bridgehead atoms. The Labute approximate surface area is 176 Å². The number of amides is 1. The van der Waals surface area contributed by atoms with Crippen LogP contribution in [0.2, 0.25) is 0 Å². The number of alkyl halides is 3. The Morgan fingerprint density at radius 1 is 1.10 bits per heavy atom. The van der Waals surface area contributed by atoms with Crippen LogP contribution >= 0.6 is 0 Å². The fraction of sp³-hybridized carbons (Fsp3) is 0.273. The van der Waals surface area contributed by atoms with E-state index < -0.39 is 11.7 Å². The number of hydrogen-bond donors (Lipinski definition) is 2. The minimum absolute atomic E-state index is 0.180. The van der Waals surface area contributed by atoms with Crippen molar-refractivity contribution in [3.63, 3.8) is 0 Å². The Morgan fingerprint density at radius 2 is 1.81 bits per heavy atom. The Balaban J connectivity index is 1.59. The number of morpholine rings is 1. The van der Waals surface area contributed by atoms with Crippen LogP contribution in [0.15, 0.2) is 48.7 Å². The maximum absolute atomic E-state index is 12.8. The molecule has 0 unspecified atom stereocenters. The molecule has 0 saturated carbocycles. The van der Waals surface area contributed by atoms with Crippen LogP contribution in [0.5, 0.6) is 5.75 Å².